The highest BCUT2D eigenvalue weighted by molar-refractivity contribution is 5.75. The van der Waals surface area contributed by atoms with E-state index in [1.54, 1.807) is 30.5 Å². The largest absolute Gasteiger partial charge is 0.416 e. The monoisotopic (exact) mass is 313 g/mol. The van der Waals surface area contributed by atoms with Gasteiger partial charge < -0.3 is 0 Å². The quantitative estimate of drug-likeness (QED) is 0.749. The maximum absolute atomic E-state index is 12.6. The van der Waals surface area contributed by atoms with Gasteiger partial charge in [0.05, 0.1) is 22.9 Å². The maximum Gasteiger partial charge on any atom is 0.416 e. The number of nitrogens with zero attached hydrogens (tertiary/aromatic N) is 2. The van der Waals surface area contributed by atoms with Gasteiger partial charge in [0.1, 0.15) is 0 Å². The van der Waals surface area contributed by atoms with E-state index in [1.165, 1.54) is 12.1 Å². The molecule has 3 nitrogen and oxygen atoms in total. The first-order chi connectivity index (χ1) is 11.0. The van der Waals surface area contributed by atoms with Crippen LogP contribution in [0, 0.1) is 11.3 Å². The molecular formula is C17H10F3N3. The van der Waals surface area contributed by atoms with Crippen LogP contribution in [0.5, 0.6) is 0 Å². The Labute approximate surface area is 130 Å². The summed E-state index contributed by atoms with van der Waals surface area (Å²) in [7, 11) is 0. The lowest BCUT2D eigenvalue weighted by molar-refractivity contribution is -0.137. The number of halogens is 3. The minimum atomic E-state index is -4.36. The van der Waals surface area contributed by atoms with Gasteiger partial charge in [-0.3, -0.25) is 5.10 Å². The van der Waals surface area contributed by atoms with E-state index in [0.717, 1.165) is 17.7 Å². The molecule has 23 heavy (non-hydrogen) atoms. The molecule has 1 aromatic heterocycles. The molecule has 0 unspecified atom stereocenters. The van der Waals surface area contributed by atoms with Crippen molar-refractivity contribution in [2.24, 2.45) is 0 Å². The van der Waals surface area contributed by atoms with Crippen LogP contribution in [-0.2, 0) is 6.18 Å². The van der Waals surface area contributed by atoms with E-state index in [0.29, 0.717) is 22.4 Å². The van der Waals surface area contributed by atoms with Crippen LogP contribution in [0.3, 0.4) is 0 Å². The second-order valence-corrected chi connectivity index (χ2v) is 4.92. The van der Waals surface area contributed by atoms with Crippen LogP contribution in [-0.4, -0.2) is 10.2 Å². The van der Waals surface area contributed by atoms with E-state index in [9.17, 15) is 18.4 Å². The first-order valence-corrected chi connectivity index (χ1v) is 6.70. The average Bonchev–Trinajstić information content (AvgIpc) is 3.08. The molecule has 0 saturated carbocycles. The molecule has 0 radical (unpaired) electrons. The molecule has 0 aliphatic heterocycles. The number of hydrogen-bond donors (Lipinski definition) is 1. The highest BCUT2D eigenvalue weighted by Gasteiger charge is 2.29. The second-order valence-electron chi connectivity index (χ2n) is 4.92. The van der Waals surface area contributed by atoms with Crippen molar-refractivity contribution in [2.75, 3.05) is 0 Å². The molecule has 0 spiro atoms. The summed E-state index contributed by atoms with van der Waals surface area (Å²) in [5.41, 5.74) is 2.47. The normalized spacial score (nSPS) is 11.2. The van der Waals surface area contributed by atoms with Crippen molar-refractivity contribution in [1.82, 2.24) is 10.2 Å². The first kappa shape index (κ1) is 14.9. The van der Waals surface area contributed by atoms with E-state index >= 15 is 0 Å². The number of alkyl halides is 3. The van der Waals surface area contributed by atoms with Gasteiger partial charge in [0.25, 0.3) is 0 Å². The van der Waals surface area contributed by atoms with Gasteiger partial charge in [-0.1, -0.05) is 18.2 Å². The van der Waals surface area contributed by atoms with E-state index < -0.39 is 11.7 Å². The van der Waals surface area contributed by atoms with Crippen LogP contribution in [0.1, 0.15) is 11.1 Å². The summed E-state index contributed by atoms with van der Waals surface area (Å²) in [6.45, 7) is 0. The zero-order valence-corrected chi connectivity index (χ0v) is 11.7. The fraction of sp³-hybridized carbons (Fsp3) is 0.0588. The molecular weight excluding hydrogens is 303 g/mol. The number of aromatic amines is 1. The van der Waals surface area contributed by atoms with Crippen molar-refractivity contribution in [1.29, 1.82) is 5.26 Å². The van der Waals surface area contributed by atoms with Crippen LogP contribution in [0.15, 0.2) is 54.7 Å². The van der Waals surface area contributed by atoms with Crippen LogP contribution in [0.2, 0.25) is 0 Å². The van der Waals surface area contributed by atoms with Gasteiger partial charge in [0.15, 0.2) is 0 Å². The smallest absolute Gasteiger partial charge is 0.278 e. The number of rotatable bonds is 2. The molecule has 0 saturated heterocycles. The SMILES string of the molecule is N#Cc1ccc(-c2ccc(C(F)(F)F)cc2)cc1-c1ccn[nH]1. The predicted molar refractivity (Wildman–Crippen MR) is 79.2 cm³/mol. The Morgan fingerprint density at radius 2 is 1.65 bits per heavy atom. The van der Waals surface area contributed by atoms with Gasteiger partial charge >= 0.3 is 6.18 Å². The highest BCUT2D eigenvalue weighted by atomic mass is 19.4. The standard InChI is InChI=1S/C17H10F3N3/c18-17(19,20)14-5-3-11(4-6-14)12-1-2-13(10-21)15(9-12)16-7-8-22-23-16/h1-9H,(H,22,23). The van der Waals surface area contributed by atoms with Gasteiger partial charge in [-0.25, -0.2) is 0 Å². The molecule has 0 aliphatic rings. The summed E-state index contributed by atoms with van der Waals surface area (Å²) < 4.78 is 37.9. The third kappa shape index (κ3) is 2.94. The molecule has 0 amide bonds. The van der Waals surface area contributed by atoms with Gasteiger partial charge in [0, 0.05) is 11.8 Å². The molecule has 114 valence electrons. The summed E-state index contributed by atoms with van der Waals surface area (Å²) in [6, 6.07) is 13.9. The summed E-state index contributed by atoms with van der Waals surface area (Å²) in [4.78, 5) is 0. The second kappa shape index (κ2) is 5.61. The Balaban J connectivity index is 2.04. The topological polar surface area (TPSA) is 52.5 Å². The van der Waals surface area contributed by atoms with Gasteiger partial charge in [-0.15, -0.1) is 0 Å². The lowest BCUT2D eigenvalue weighted by Gasteiger charge is -2.09. The van der Waals surface area contributed by atoms with Crippen molar-refractivity contribution in [3.63, 3.8) is 0 Å². The zero-order chi connectivity index (χ0) is 16.4. The number of nitriles is 1. The van der Waals surface area contributed by atoms with Crippen molar-refractivity contribution < 1.29 is 13.2 Å². The van der Waals surface area contributed by atoms with Crippen molar-refractivity contribution in [3.05, 3.63) is 65.9 Å². The molecule has 1 heterocycles. The Bertz CT molecular complexity index is 858. The number of nitrogens with one attached hydrogen (secondary N) is 1. The van der Waals surface area contributed by atoms with Crippen LogP contribution < -0.4 is 0 Å². The molecule has 6 heteroatoms. The molecule has 0 bridgehead atoms. The van der Waals surface area contributed by atoms with Crippen molar-refractivity contribution in [3.8, 4) is 28.5 Å². The minimum Gasteiger partial charge on any atom is -0.278 e. The van der Waals surface area contributed by atoms with Crippen molar-refractivity contribution in [2.45, 2.75) is 6.18 Å². The third-order valence-electron chi connectivity index (χ3n) is 3.48. The Morgan fingerprint density at radius 1 is 0.957 bits per heavy atom. The van der Waals surface area contributed by atoms with Crippen molar-refractivity contribution >= 4 is 0 Å². The first-order valence-electron chi connectivity index (χ1n) is 6.70. The lowest BCUT2D eigenvalue weighted by Crippen LogP contribution is -2.03. The number of H-pyrrole nitrogens is 1. The van der Waals surface area contributed by atoms with Crippen LogP contribution in [0.4, 0.5) is 13.2 Å². The molecule has 3 aromatic rings. The Kier molecular flexibility index (Phi) is 3.62. The minimum absolute atomic E-state index is 0.463. The molecule has 0 aliphatic carbocycles. The Morgan fingerprint density at radius 3 is 2.22 bits per heavy atom. The molecule has 3 rings (SSSR count). The van der Waals surface area contributed by atoms with Gasteiger partial charge in [-0.05, 0) is 41.5 Å². The summed E-state index contributed by atoms with van der Waals surface area (Å²) >= 11 is 0. The highest BCUT2D eigenvalue weighted by Crippen LogP contribution is 2.32. The fourth-order valence-electron chi connectivity index (χ4n) is 2.30. The molecule has 0 fully saturated rings. The lowest BCUT2D eigenvalue weighted by atomic mass is 9.97. The predicted octanol–water partition coefficient (Wildman–Crippen LogP) is 4.63. The van der Waals surface area contributed by atoms with E-state index in [2.05, 4.69) is 16.3 Å². The van der Waals surface area contributed by atoms with E-state index in [-0.39, 0.29) is 0 Å². The van der Waals surface area contributed by atoms with E-state index in [4.69, 9.17) is 0 Å². The zero-order valence-electron chi connectivity index (χ0n) is 11.7. The maximum atomic E-state index is 12.6. The van der Waals surface area contributed by atoms with E-state index in [1.807, 2.05) is 0 Å². The van der Waals surface area contributed by atoms with Crippen LogP contribution in [0.25, 0.3) is 22.4 Å². The summed E-state index contributed by atoms with van der Waals surface area (Å²) in [5, 5.41) is 15.8. The van der Waals surface area contributed by atoms with Gasteiger partial charge in [0.2, 0.25) is 0 Å². The molecule has 1 N–H and O–H groups in total. The Hall–Kier alpha value is -3.07. The van der Waals surface area contributed by atoms with Gasteiger partial charge in [-0.2, -0.15) is 23.5 Å². The number of benzene rings is 2. The summed E-state index contributed by atoms with van der Waals surface area (Å²) in [6.07, 6.45) is -2.79. The molecule has 0 atom stereocenters. The van der Waals surface area contributed by atoms with Crippen LogP contribution >= 0.6 is 0 Å². The fourth-order valence-corrected chi connectivity index (χ4v) is 2.30. The third-order valence-corrected chi connectivity index (χ3v) is 3.48. The summed E-state index contributed by atoms with van der Waals surface area (Å²) in [5.74, 6) is 0. The average molecular weight is 313 g/mol. The number of aromatic nitrogens is 2. The molecule has 2 aromatic carbocycles. The number of hydrogen-bond acceptors (Lipinski definition) is 2.